The number of rotatable bonds is 2. The van der Waals surface area contributed by atoms with E-state index in [4.69, 9.17) is 0 Å². The molecule has 13 heavy (non-hydrogen) atoms. The lowest BCUT2D eigenvalue weighted by molar-refractivity contribution is 0.564. The Kier molecular flexibility index (Phi) is 2.98. The summed E-state index contributed by atoms with van der Waals surface area (Å²) in [4.78, 5) is 0. The van der Waals surface area contributed by atoms with Crippen LogP contribution in [0.25, 0.3) is 0 Å². The van der Waals surface area contributed by atoms with Crippen molar-refractivity contribution in [2.75, 3.05) is 7.05 Å². The normalized spacial score (nSPS) is 10.5. The summed E-state index contributed by atoms with van der Waals surface area (Å²) in [7, 11) is 1.75. The van der Waals surface area contributed by atoms with E-state index in [9.17, 15) is 8.78 Å². The van der Waals surface area contributed by atoms with Crippen LogP contribution in [0.3, 0.4) is 0 Å². The fourth-order valence-electron chi connectivity index (χ4n) is 1.34. The van der Waals surface area contributed by atoms with Crippen LogP contribution in [-0.2, 0) is 6.54 Å². The van der Waals surface area contributed by atoms with E-state index in [1.54, 1.807) is 20.9 Å². The molecular formula is C10H13F2N. The van der Waals surface area contributed by atoms with Crippen LogP contribution < -0.4 is 5.32 Å². The van der Waals surface area contributed by atoms with Crippen molar-refractivity contribution >= 4 is 0 Å². The molecule has 0 saturated heterocycles. The van der Waals surface area contributed by atoms with Crippen LogP contribution in [0.15, 0.2) is 6.07 Å². The lowest BCUT2D eigenvalue weighted by Gasteiger charge is -2.10. The van der Waals surface area contributed by atoms with E-state index in [2.05, 4.69) is 5.32 Å². The van der Waals surface area contributed by atoms with Crippen LogP contribution in [0.5, 0.6) is 0 Å². The number of hydrogen-bond acceptors (Lipinski definition) is 1. The zero-order chi connectivity index (χ0) is 10.0. The van der Waals surface area contributed by atoms with E-state index >= 15 is 0 Å². The molecule has 0 radical (unpaired) electrons. The summed E-state index contributed by atoms with van der Waals surface area (Å²) in [5.74, 6) is -0.957. The molecule has 0 amide bonds. The fourth-order valence-corrected chi connectivity index (χ4v) is 1.34. The van der Waals surface area contributed by atoms with Crippen molar-refractivity contribution in [2.24, 2.45) is 0 Å². The van der Waals surface area contributed by atoms with Crippen molar-refractivity contribution in [3.05, 3.63) is 34.4 Å². The van der Waals surface area contributed by atoms with Crippen LogP contribution in [0.1, 0.15) is 16.7 Å². The molecule has 1 nitrogen and oxygen atoms in total. The second kappa shape index (κ2) is 3.83. The van der Waals surface area contributed by atoms with Crippen LogP contribution in [0.2, 0.25) is 0 Å². The van der Waals surface area contributed by atoms with Gasteiger partial charge in [0.25, 0.3) is 0 Å². The maximum atomic E-state index is 13.1. The highest BCUT2D eigenvalue weighted by Crippen LogP contribution is 2.19. The minimum Gasteiger partial charge on any atom is -0.316 e. The molecule has 0 aliphatic rings. The van der Waals surface area contributed by atoms with Crippen LogP contribution in [0.4, 0.5) is 8.78 Å². The van der Waals surface area contributed by atoms with Crippen LogP contribution in [0, 0.1) is 25.5 Å². The molecule has 0 aliphatic carbocycles. The molecular weight excluding hydrogens is 172 g/mol. The topological polar surface area (TPSA) is 12.0 Å². The molecule has 0 saturated carbocycles. The third-order valence-electron chi connectivity index (χ3n) is 2.23. The molecule has 0 atom stereocenters. The molecule has 0 bridgehead atoms. The molecule has 0 aliphatic heterocycles. The highest BCUT2D eigenvalue weighted by Gasteiger charge is 2.11. The molecule has 0 fully saturated rings. The SMILES string of the molecule is CNCc1c(C)c(F)cc(F)c1C. The second-order valence-electron chi connectivity index (χ2n) is 3.10. The maximum Gasteiger partial charge on any atom is 0.129 e. The van der Waals surface area contributed by atoms with Gasteiger partial charge in [-0.1, -0.05) is 0 Å². The van der Waals surface area contributed by atoms with Crippen molar-refractivity contribution in [2.45, 2.75) is 20.4 Å². The first-order valence-electron chi connectivity index (χ1n) is 4.16. The highest BCUT2D eigenvalue weighted by molar-refractivity contribution is 5.35. The van der Waals surface area contributed by atoms with Gasteiger partial charge < -0.3 is 5.32 Å². The third kappa shape index (κ3) is 1.86. The molecule has 1 N–H and O–H groups in total. The Balaban J connectivity index is 3.28. The van der Waals surface area contributed by atoms with E-state index in [1.807, 2.05) is 0 Å². The first kappa shape index (κ1) is 10.1. The van der Waals surface area contributed by atoms with E-state index in [1.165, 1.54) is 0 Å². The largest absolute Gasteiger partial charge is 0.316 e. The van der Waals surface area contributed by atoms with Crippen molar-refractivity contribution in [1.82, 2.24) is 5.32 Å². The van der Waals surface area contributed by atoms with Crippen molar-refractivity contribution in [3.63, 3.8) is 0 Å². The standard InChI is InChI=1S/C10H13F2N/c1-6-8(5-13-3)7(2)10(12)4-9(6)11/h4,13H,5H2,1-3H3. The second-order valence-corrected chi connectivity index (χ2v) is 3.10. The fraction of sp³-hybridized carbons (Fsp3) is 0.400. The smallest absolute Gasteiger partial charge is 0.129 e. The maximum absolute atomic E-state index is 13.1. The predicted octanol–water partition coefficient (Wildman–Crippen LogP) is 2.30. The molecule has 1 aromatic carbocycles. The van der Waals surface area contributed by atoms with Crippen molar-refractivity contribution in [3.8, 4) is 0 Å². The summed E-state index contributed by atoms with van der Waals surface area (Å²) in [6.45, 7) is 3.81. The predicted molar refractivity (Wildman–Crippen MR) is 48.6 cm³/mol. The number of nitrogens with one attached hydrogen (secondary N) is 1. The Morgan fingerprint density at radius 1 is 1.15 bits per heavy atom. The van der Waals surface area contributed by atoms with Gasteiger partial charge in [-0.3, -0.25) is 0 Å². The summed E-state index contributed by atoms with van der Waals surface area (Å²) in [6, 6.07) is 0.934. The molecule has 3 heteroatoms. The van der Waals surface area contributed by atoms with Gasteiger partial charge in [-0.05, 0) is 37.6 Å². The average Bonchev–Trinajstić information content (AvgIpc) is 2.09. The van der Waals surface area contributed by atoms with Gasteiger partial charge in [0.1, 0.15) is 11.6 Å². The molecule has 1 aromatic rings. The Hall–Kier alpha value is -0.960. The van der Waals surface area contributed by atoms with Gasteiger partial charge in [0.2, 0.25) is 0 Å². The van der Waals surface area contributed by atoms with Gasteiger partial charge in [-0.2, -0.15) is 0 Å². The summed E-state index contributed by atoms with van der Waals surface area (Å²) >= 11 is 0. The summed E-state index contributed by atoms with van der Waals surface area (Å²) in [5.41, 5.74) is 1.75. The van der Waals surface area contributed by atoms with Gasteiger partial charge in [-0.25, -0.2) is 8.78 Å². The minimum atomic E-state index is -0.478. The van der Waals surface area contributed by atoms with E-state index in [0.717, 1.165) is 6.07 Å². The Labute approximate surface area is 76.8 Å². The molecule has 72 valence electrons. The van der Waals surface area contributed by atoms with E-state index < -0.39 is 11.6 Å². The van der Waals surface area contributed by atoms with Crippen LogP contribution in [-0.4, -0.2) is 7.05 Å². The first-order chi connectivity index (χ1) is 6.07. The van der Waals surface area contributed by atoms with Gasteiger partial charge in [0, 0.05) is 12.6 Å². The highest BCUT2D eigenvalue weighted by atomic mass is 19.1. The zero-order valence-corrected chi connectivity index (χ0v) is 8.04. The molecule has 0 spiro atoms. The molecule has 0 unspecified atom stereocenters. The average molecular weight is 185 g/mol. The van der Waals surface area contributed by atoms with Gasteiger partial charge in [0.05, 0.1) is 0 Å². The zero-order valence-electron chi connectivity index (χ0n) is 8.04. The van der Waals surface area contributed by atoms with Gasteiger partial charge in [-0.15, -0.1) is 0 Å². The molecule has 1 rings (SSSR count). The lowest BCUT2D eigenvalue weighted by Crippen LogP contribution is -2.10. The quantitative estimate of drug-likeness (QED) is 0.745. The van der Waals surface area contributed by atoms with Crippen LogP contribution >= 0.6 is 0 Å². The summed E-state index contributed by atoms with van der Waals surface area (Å²) in [6.07, 6.45) is 0. The number of hydrogen-bond donors (Lipinski definition) is 1. The van der Waals surface area contributed by atoms with E-state index in [0.29, 0.717) is 23.2 Å². The minimum absolute atomic E-state index is 0.478. The number of halogens is 2. The Morgan fingerprint density at radius 2 is 1.62 bits per heavy atom. The number of benzene rings is 1. The van der Waals surface area contributed by atoms with Gasteiger partial charge >= 0.3 is 0 Å². The summed E-state index contributed by atoms with van der Waals surface area (Å²) < 4.78 is 26.2. The lowest BCUT2D eigenvalue weighted by atomic mass is 10.0. The Bertz CT molecular complexity index is 295. The van der Waals surface area contributed by atoms with Gasteiger partial charge in [0.15, 0.2) is 0 Å². The monoisotopic (exact) mass is 185 g/mol. The van der Waals surface area contributed by atoms with E-state index in [-0.39, 0.29) is 0 Å². The Morgan fingerprint density at radius 3 is 2.00 bits per heavy atom. The van der Waals surface area contributed by atoms with Crippen molar-refractivity contribution in [1.29, 1.82) is 0 Å². The third-order valence-corrected chi connectivity index (χ3v) is 2.23. The first-order valence-corrected chi connectivity index (χ1v) is 4.16. The molecule has 0 aromatic heterocycles. The summed E-state index contributed by atoms with van der Waals surface area (Å²) in [5, 5.41) is 2.89. The molecule has 0 heterocycles. The van der Waals surface area contributed by atoms with Crippen molar-refractivity contribution < 1.29 is 8.78 Å².